The molecule has 212 valence electrons. The zero-order valence-electron chi connectivity index (χ0n) is 21.7. The summed E-state index contributed by atoms with van der Waals surface area (Å²) in [7, 11) is 1.52. The molecule has 3 heterocycles. The zero-order valence-corrected chi connectivity index (χ0v) is 22.5. The molecule has 1 atom stereocenters. The van der Waals surface area contributed by atoms with Gasteiger partial charge < -0.3 is 25.1 Å². The molecule has 0 bridgehead atoms. The number of benzene rings is 2. The highest BCUT2D eigenvalue weighted by Gasteiger charge is 2.66. The highest BCUT2D eigenvalue weighted by Crippen LogP contribution is 2.60. The smallest absolute Gasteiger partial charge is 0.400 e. The van der Waals surface area contributed by atoms with Gasteiger partial charge in [0.15, 0.2) is 5.69 Å². The Labute approximate surface area is 236 Å². The second-order valence-electron chi connectivity index (χ2n) is 9.53. The summed E-state index contributed by atoms with van der Waals surface area (Å²) in [5.41, 5.74) is 0.842. The number of aromatic nitrogens is 3. The number of ether oxygens (including phenoxy) is 1. The lowest BCUT2D eigenvalue weighted by Gasteiger charge is -2.15. The number of anilines is 3. The molecule has 1 aliphatic carbocycles. The summed E-state index contributed by atoms with van der Waals surface area (Å²) < 4.78 is 52.3. The van der Waals surface area contributed by atoms with E-state index in [-0.39, 0.29) is 35.4 Å². The van der Waals surface area contributed by atoms with Gasteiger partial charge in [-0.15, -0.1) is 5.10 Å². The Hall–Kier alpha value is -4.30. The Morgan fingerprint density at radius 1 is 1.12 bits per heavy atom. The first-order chi connectivity index (χ1) is 19.8. The number of fused-ring (bicyclic) bond motifs is 1. The molecule has 0 unspecified atom stereocenters. The molecule has 41 heavy (non-hydrogen) atoms. The van der Waals surface area contributed by atoms with Crippen LogP contribution < -0.4 is 16.0 Å². The van der Waals surface area contributed by atoms with E-state index in [1.54, 1.807) is 6.07 Å². The van der Waals surface area contributed by atoms with Crippen LogP contribution in [0.15, 0.2) is 64.0 Å². The number of halogens is 3. The van der Waals surface area contributed by atoms with Crippen LogP contribution >= 0.6 is 11.3 Å². The Morgan fingerprint density at radius 3 is 2.61 bits per heavy atom. The molecule has 6 rings (SSSR count). The van der Waals surface area contributed by atoms with Gasteiger partial charge in [0.25, 0.3) is 11.8 Å². The SMILES string of the molecule is COCCNc1sc(C2(C(F)(F)F)CC2)nc1-c1nnc(N[C@H]2N=C(c3ccccc3)c3ccccc3NC2=O)o1. The van der Waals surface area contributed by atoms with Crippen LogP contribution in [0.25, 0.3) is 11.6 Å². The van der Waals surface area contributed by atoms with Crippen molar-refractivity contribution in [3.05, 3.63) is 70.7 Å². The predicted octanol–water partition coefficient (Wildman–Crippen LogP) is 5.07. The van der Waals surface area contributed by atoms with Crippen molar-refractivity contribution in [3.8, 4) is 11.6 Å². The number of benzodiazepines with no additional fused rings is 1. The van der Waals surface area contributed by atoms with Crippen LogP contribution in [0.4, 0.5) is 29.9 Å². The minimum absolute atomic E-state index is 0.0292. The largest absolute Gasteiger partial charge is 0.402 e. The third-order valence-electron chi connectivity index (χ3n) is 6.80. The van der Waals surface area contributed by atoms with Crippen molar-refractivity contribution in [2.24, 2.45) is 4.99 Å². The molecule has 4 aromatic rings. The van der Waals surface area contributed by atoms with Crippen LogP contribution in [-0.4, -0.2) is 59.4 Å². The van der Waals surface area contributed by atoms with Gasteiger partial charge in [-0.1, -0.05) is 65.0 Å². The minimum atomic E-state index is -4.42. The van der Waals surface area contributed by atoms with Crippen LogP contribution in [0.1, 0.15) is 29.0 Å². The summed E-state index contributed by atoms with van der Waals surface area (Å²) in [5.74, 6) is -0.556. The molecule has 1 amide bonds. The van der Waals surface area contributed by atoms with E-state index in [1.807, 2.05) is 48.5 Å². The maximum atomic E-state index is 13.8. The maximum Gasteiger partial charge on any atom is 0.400 e. The first-order valence-corrected chi connectivity index (χ1v) is 13.6. The number of methoxy groups -OCH3 is 1. The predicted molar refractivity (Wildman–Crippen MR) is 147 cm³/mol. The normalized spacial score (nSPS) is 17.7. The van der Waals surface area contributed by atoms with Gasteiger partial charge in [0.1, 0.15) is 15.4 Å². The number of carbonyl (C=O) groups excluding carboxylic acids is 1. The zero-order chi connectivity index (χ0) is 28.6. The lowest BCUT2D eigenvalue weighted by molar-refractivity contribution is -0.160. The second kappa shape index (κ2) is 10.6. The van der Waals surface area contributed by atoms with Crippen LogP contribution in [0.2, 0.25) is 0 Å². The third-order valence-corrected chi connectivity index (χ3v) is 8.02. The molecule has 2 aliphatic rings. The van der Waals surface area contributed by atoms with E-state index in [9.17, 15) is 18.0 Å². The van der Waals surface area contributed by atoms with Gasteiger partial charge in [-0.05, 0) is 18.9 Å². The van der Waals surface area contributed by atoms with E-state index in [1.165, 1.54) is 7.11 Å². The number of hydrogen-bond acceptors (Lipinski definition) is 10. The van der Waals surface area contributed by atoms with E-state index in [4.69, 9.17) is 9.15 Å². The topological polar surface area (TPSA) is 127 Å². The van der Waals surface area contributed by atoms with Crippen molar-refractivity contribution < 1.29 is 27.1 Å². The van der Waals surface area contributed by atoms with Crippen molar-refractivity contribution >= 4 is 39.7 Å². The van der Waals surface area contributed by atoms with Gasteiger partial charge in [0.05, 0.1) is 18.0 Å². The van der Waals surface area contributed by atoms with E-state index >= 15 is 0 Å². The number of rotatable bonds is 9. The van der Waals surface area contributed by atoms with Crippen molar-refractivity contribution in [2.75, 3.05) is 36.2 Å². The standard InChI is InChI=1S/C27H24F3N7O3S/c1-39-14-13-31-23-19(34-24(41-23)26(11-12-26)27(28,29)30)22-36-37-25(40-22)35-20-21(38)32-17-10-6-5-9-16(17)18(33-20)15-7-3-2-4-8-15/h2-10,20,31H,11-14H2,1H3,(H,32,38)(H,35,37)/t20-/m1/s1. The molecule has 0 radical (unpaired) electrons. The fourth-order valence-electron chi connectivity index (χ4n) is 4.47. The van der Waals surface area contributed by atoms with Crippen LogP contribution in [0, 0.1) is 0 Å². The Morgan fingerprint density at radius 2 is 1.88 bits per heavy atom. The number of amides is 1. The average Bonchev–Trinajstić information content (AvgIpc) is 3.53. The lowest BCUT2D eigenvalue weighted by Crippen LogP contribution is -2.32. The summed E-state index contributed by atoms with van der Waals surface area (Å²) in [5, 5.41) is 17.1. The third kappa shape index (κ3) is 5.15. The highest BCUT2D eigenvalue weighted by atomic mass is 32.1. The number of alkyl halides is 3. The summed E-state index contributed by atoms with van der Waals surface area (Å²) in [6.45, 7) is 0.665. The molecule has 2 aromatic heterocycles. The summed E-state index contributed by atoms with van der Waals surface area (Å²) in [4.78, 5) is 22.1. The first-order valence-electron chi connectivity index (χ1n) is 12.7. The Balaban J connectivity index is 1.31. The first kappa shape index (κ1) is 26.9. The van der Waals surface area contributed by atoms with E-state index in [0.29, 0.717) is 29.6 Å². The highest BCUT2D eigenvalue weighted by molar-refractivity contribution is 7.16. The molecular weight excluding hydrogens is 559 g/mol. The van der Waals surface area contributed by atoms with E-state index in [0.717, 1.165) is 22.5 Å². The minimum Gasteiger partial charge on any atom is -0.402 e. The van der Waals surface area contributed by atoms with Gasteiger partial charge in [-0.3, -0.25) is 4.79 Å². The van der Waals surface area contributed by atoms with Crippen LogP contribution in [0.5, 0.6) is 0 Å². The Kier molecular flexibility index (Phi) is 6.95. The number of carbonyl (C=O) groups is 1. The monoisotopic (exact) mass is 583 g/mol. The van der Waals surface area contributed by atoms with Crippen molar-refractivity contribution in [1.82, 2.24) is 15.2 Å². The quantitative estimate of drug-likeness (QED) is 0.233. The number of nitrogens with one attached hydrogen (secondary N) is 3. The number of hydrogen-bond donors (Lipinski definition) is 3. The average molecular weight is 584 g/mol. The maximum absolute atomic E-state index is 13.8. The number of nitrogens with zero attached hydrogens (tertiary/aromatic N) is 4. The molecule has 0 spiro atoms. The number of thiazole rings is 1. The van der Waals surface area contributed by atoms with Gasteiger partial charge >= 0.3 is 12.2 Å². The van der Waals surface area contributed by atoms with Crippen LogP contribution in [-0.2, 0) is 14.9 Å². The summed E-state index contributed by atoms with van der Waals surface area (Å²) in [6.07, 6.45) is -5.63. The number of aliphatic imine (C=N–C) groups is 1. The molecular formula is C27H24F3N7O3S. The van der Waals surface area contributed by atoms with Crippen molar-refractivity contribution in [1.29, 1.82) is 0 Å². The molecule has 2 aromatic carbocycles. The second-order valence-corrected chi connectivity index (χ2v) is 10.5. The fraction of sp³-hybridized carbons (Fsp3) is 0.296. The lowest BCUT2D eigenvalue weighted by atomic mass is 10.0. The van der Waals surface area contributed by atoms with Gasteiger partial charge in [-0.2, -0.15) is 13.2 Å². The Bertz CT molecular complexity index is 1600. The van der Waals surface area contributed by atoms with Gasteiger partial charge in [0.2, 0.25) is 6.17 Å². The molecule has 0 saturated heterocycles. The van der Waals surface area contributed by atoms with Crippen molar-refractivity contribution in [3.63, 3.8) is 0 Å². The molecule has 1 saturated carbocycles. The molecule has 14 heteroatoms. The summed E-state index contributed by atoms with van der Waals surface area (Å²) in [6, 6.07) is 16.6. The van der Waals surface area contributed by atoms with Gasteiger partial charge in [-0.25, -0.2) is 9.98 Å². The molecule has 1 fully saturated rings. The molecule has 1 aliphatic heterocycles. The van der Waals surface area contributed by atoms with E-state index in [2.05, 4.69) is 36.1 Å². The molecule has 10 nitrogen and oxygen atoms in total. The van der Waals surface area contributed by atoms with Crippen molar-refractivity contribution in [2.45, 2.75) is 30.6 Å². The number of para-hydroxylation sites is 1. The van der Waals surface area contributed by atoms with Gasteiger partial charge in [0, 0.05) is 24.8 Å². The summed E-state index contributed by atoms with van der Waals surface area (Å²) >= 11 is 0.908. The van der Waals surface area contributed by atoms with E-state index < -0.39 is 23.7 Å². The fourth-order valence-corrected chi connectivity index (χ4v) is 5.72. The van der Waals surface area contributed by atoms with Crippen LogP contribution in [0.3, 0.4) is 0 Å². The molecule has 3 N–H and O–H groups in total.